The first-order chi connectivity index (χ1) is 9.19. The van der Waals surface area contributed by atoms with Gasteiger partial charge < -0.3 is 5.32 Å². The molecule has 0 spiro atoms. The zero-order valence-electron chi connectivity index (χ0n) is 10.9. The minimum Gasteiger partial charge on any atom is -0.309 e. The van der Waals surface area contributed by atoms with Crippen molar-refractivity contribution in [1.29, 1.82) is 0 Å². The molecule has 19 heavy (non-hydrogen) atoms. The Morgan fingerprint density at radius 2 is 1.53 bits per heavy atom. The average Bonchev–Trinajstić information content (AvgIpc) is 2.43. The maximum atomic E-state index is 6.07. The normalized spacial score (nSPS) is 10.7. The monoisotopic (exact) mass is 337 g/mol. The van der Waals surface area contributed by atoms with E-state index in [9.17, 15) is 0 Å². The summed E-state index contributed by atoms with van der Waals surface area (Å²) in [7, 11) is 0. The SMILES string of the molecule is CCc1ccc(CNCc2ccc(Br)c(Cl)c2)cc1. The van der Waals surface area contributed by atoms with E-state index in [2.05, 4.69) is 58.5 Å². The van der Waals surface area contributed by atoms with Crippen molar-refractivity contribution in [2.45, 2.75) is 26.4 Å². The number of aryl methyl sites for hydroxylation is 1. The smallest absolute Gasteiger partial charge is 0.0551 e. The number of rotatable bonds is 5. The van der Waals surface area contributed by atoms with Gasteiger partial charge in [0.2, 0.25) is 0 Å². The van der Waals surface area contributed by atoms with Crippen LogP contribution < -0.4 is 5.32 Å². The summed E-state index contributed by atoms with van der Waals surface area (Å²) in [4.78, 5) is 0. The van der Waals surface area contributed by atoms with Gasteiger partial charge in [0.25, 0.3) is 0 Å². The second kappa shape index (κ2) is 7.09. The molecule has 0 unspecified atom stereocenters. The molecule has 2 aromatic carbocycles. The van der Waals surface area contributed by atoms with Crippen LogP contribution in [0, 0.1) is 0 Å². The molecule has 0 amide bonds. The molecule has 100 valence electrons. The molecule has 2 aromatic rings. The van der Waals surface area contributed by atoms with Crippen LogP contribution in [0.1, 0.15) is 23.6 Å². The van der Waals surface area contributed by atoms with Crippen molar-refractivity contribution in [2.24, 2.45) is 0 Å². The Balaban J connectivity index is 1.86. The second-order valence-corrected chi connectivity index (χ2v) is 5.78. The second-order valence-electron chi connectivity index (χ2n) is 4.52. The zero-order chi connectivity index (χ0) is 13.7. The summed E-state index contributed by atoms with van der Waals surface area (Å²) < 4.78 is 0.938. The molecule has 0 aromatic heterocycles. The molecule has 0 aliphatic heterocycles. The van der Waals surface area contributed by atoms with Gasteiger partial charge in [-0.15, -0.1) is 0 Å². The Morgan fingerprint density at radius 3 is 2.16 bits per heavy atom. The van der Waals surface area contributed by atoms with E-state index in [4.69, 9.17) is 11.6 Å². The molecule has 0 radical (unpaired) electrons. The maximum absolute atomic E-state index is 6.07. The predicted octanol–water partition coefficient (Wildman–Crippen LogP) is 4.95. The summed E-state index contributed by atoms with van der Waals surface area (Å²) in [5.74, 6) is 0. The van der Waals surface area contributed by atoms with E-state index in [0.29, 0.717) is 0 Å². The lowest BCUT2D eigenvalue weighted by atomic mass is 10.1. The number of benzene rings is 2. The number of nitrogens with one attached hydrogen (secondary N) is 1. The molecule has 3 heteroatoms. The summed E-state index contributed by atoms with van der Waals surface area (Å²) in [6, 6.07) is 14.8. The van der Waals surface area contributed by atoms with Gasteiger partial charge in [-0.25, -0.2) is 0 Å². The van der Waals surface area contributed by atoms with Crippen LogP contribution in [0.2, 0.25) is 5.02 Å². The molecule has 0 aliphatic carbocycles. The quantitative estimate of drug-likeness (QED) is 0.813. The number of hydrogen-bond donors (Lipinski definition) is 1. The average molecular weight is 339 g/mol. The molecule has 0 saturated carbocycles. The summed E-state index contributed by atoms with van der Waals surface area (Å²) in [6.45, 7) is 3.87. The van der Waals surface area contributed by atoms with E-state index < -0.39 is 0 Å². The molecular weight excluding hydrogens is 322 g/mol. The van der Waals surface area contributed by atoms with Gasteiger partial charge in [0, 0.05) is 17.6 Å². The van der Waals surface area contributed by atoms with Gasteiger partial charge in [-0.2, -0.15) is 0 Å². The zero-order valence-corrected chi connectivity index (χ0v) is 13.3. The van der Waals surface area contributed by atoms with Crippen LogP contribution in [-0.4, -0.2) is 0 Å². The van der Waals surface area contributed by atoms with Crippen LogP contribution in [0.5, 0.6) is 0 Å². The fourth-order valence-electron chi connectivity index (χ4n) is 1.89. The van der Waals surface area contributed by atoms with Gasteiger partial charge in [-0.3, -0.25) is 0 Å². The maximum Gasteiger partial charge on any atom is 0.0551 e. The van der Waals surface area contributed by atoms with Crippen molar-refractivity contribution < 1.29 is 0 Å². The van der Waals surface area contributed by atoms with Gasteiger partial charge in [0.15, 0.2) is 0 Å². The number of halogens is 2. The molecule has 0 atom stereocenters. The first-order valence-corrected chi connectivity index (χ1v) is 7.58. The summed E-state index contributed by atoms with van der Waals surface area (Å²) >= 11 is 9.46. The third-order valence-electron chi connectivity index (χ3n) is 3.07. The van der Waals surface area contributed by atoms with Crippen LogP contribution in [0.4, 0.5) is 0 Å². The van der Waals surface area contributed by atoms with Gasteiger partial charge in [-0.05, 0) is 51.2 Å². The minimum atomic E-state index is 0.756. The predicted molar refractivity (Wildman–Crippen MR) is 85.5 cm³/mol. The summed E-state index contributed by atoms with van der Waals surface area (Å²) in [6.07, 6.45) is 1.09. The van der Waals surface area contributed by atoms with E-state index in [1.165, 1.54) is 16.7 Å². The van der Waals surface area contributed by atoms with Gasteiger partial charge >= 0.3 is 0 Å². The highest BCUT2D eigenvalue weighted by atomic mass is 79.9. The Bertz CT molecular complexity index is 537. The molecule has 0 fully saturated rings. The van der Waals surface area contributed by atoms with E-state index >= 15 is 0 Å². The van der Waals surface area contributed by atoms with Crippen molar-refractivity contribution in [3.05, 3.63) is 68.7 Å². The Morgan fingerprint density at radius 1 is 0.947 bits per heavy atom. The Labute approximate surface area is 128 Å². The largest absolute Gasteiger partial charge is 0.309 e. The van der Waals surface area contributed by atoms with Crippen LogP contribution in [-0.2, 0) is 19.5 Å². The summed E-state index contributed by atoms with van der Waals surface area (Å²) in [5, 5.41) is 4.18. The lowest BCUT2D eigenvalue weighted by Gasteiger charge is -2.07. The molecule has 1 N–H and O–H groups in total. The van der Waals surface area contributed by atoms with E-state index in [0.717, 1.165) is 29.0 Å². The molecule has 1 nitrogen and oxygen atoms in total. The number of hydrogen-bond acceptors (Lipinski definition) is 1. The van der Waals surface area contributed by atoms with Gasteiger partial charge in [0.05, 0.1) is 5.02 Å². The van der Waals surface area contributed by atoms with E-state index in [-0.39, 0.29) is 0 Å². The van der Waals surface area contributed by atoms with Crippen molar-refractivity contribution in [1.82, 2.24) is 5.32 Å². The molecule has 0 heterocycles. The molecule has 0 saturated heterocycles. The van der Waals surface area contributed by atoms with Crippen molar-refractivity contribution >= 4 is 27.5 Å². The highest BCUT2D eigenvalue weighted by Crippen LogP contribution is 2.23. The topological polar surface area (TPSA) is 12.0 Å². The van der Waals surface area contributed by atoms with E-state index in [1.54, 1.807) is 0 Å². The van der Waals surface area contributed by atoms with Crippen LogP contribution >= 0.6 is 27.5 Å². The van der Waals surface area contributed by atoms with E-state index in [1.807, 2.05) is 12.1 Å². The van der Waals surface area contributed by atoms with Gasteiger partial charge in [0.1, 0.15) is 0 Å². The van der Waals surface area contributed by atoms with Crippen LogP contribution in [0.15, 0.2) is 46.9 Å². The van der Waals surface area contributed by atoms with Crippen LogP contribution in [0.3, 0.4) is 0 Å². The highest BCUT2D eigenvalue weighted by Gasteiger charge is 1.99. The standard InChI is InChI=1S/C16H17BrClN/c1-2-12-3-5-13(6-4-12)10-19-11-14-7-8-15(17)16(18)9-14/h3-9,19H,2,10-11H2,1H3. The molecule has 0 aliphatic rings. The van der Waals surface area contributed by atoms with Gasteiger partial charge in [-0.1, -0.05) is 48.9 Å². The molecule has 0 bridgehead atoms. The lowest BCUT2D eigenvalue weighted by molar-refractivity contribution is 0.693. The molecular formula is C16H17BrClN. The molecule has 2 rings (SSSR count). The lowest BCUT2D eigenvalue weighted by Crippen LogP contribution is -2.12. The van der Waals surface area contributed by atoms with Crippen molar-refractivity contribution in [3.63, 3.8) is 0 Å². The summed E-state index contributed by atoms with van der Waals surface area (Å²) in [5.41, 5.74) is 3.88. The Kier molecular flexibility index (Phi) is 5.44. The third-order valence-corrected chi connectivity index (χ3v) is 4.31. The third kappa shape index (κ3) is 4.34. The van der Waals surface area contributed by atoms with Crippen molar-refractivity contribution in [2.75, 3.05) is 0 Å². The Hall–Kier alpha value is -0.830. The fraction of sp³-hybridized carbons (Fsp3) is 0.250. The first kappa shape index (κ1) is 14.6. The van der Waals surface area contributed by atoms with Crippen LogP contribution in [0.25, 0.3) is 0 Å². The fourth-order valence-corrected chi connectivity index (χ4v) is 2.34. The highest BCUT2D eigenvalue weighted by molar-refractivity contribution is 9.10. The first-order valence-electron chi connectivity index (χ1n) is 6.41. The minimum absolute atomic E-state index is 0.756. The van der Waals surface area contributed by atoms with Crippen molar-refractivity contribution in [3.8, 4) is 0 Å².